The van der Waals surface area contributed by atoms with E-state index < -0.39 is 18.0 Å². The molecule has 0 spiro atoms. The number of amides is 1. The average Bonchev–Trinajstić information content (AvgIpc) is 2.90. The number of H-pyrrole nitrogens is 1. The fraction of sp³-hybridized carbons (Fsp3) is 0.154. The number of halogens is 1. The molecule has 0 fully saturated rings. The van der Waals surface area contributed by atoms with E-state index in [0.717, 1.165) is 4.47 Å². The van der Waals surface area contributed by atoms with Crippen LogP contribution < -0.4 is 10.1 Å². The van der Waals surface area contributed by atoms with Crippen molar-refractivity contribution in [3.05, 3.63) is 40.5 Å². The number of anilines is 1. The van der Waals surface area contributed by atoms with Gasteiger partial charge in [-0.05, 0) is 31.2 Å². The van der Waals surface area contributed by atoms with Gasteiger partial charge in [0.25, 0.3) is 5.91 Å². The maximum Gasteiger partial charge on any atom is 0.353 e. The molecule has 0 saturated carbocycles. The number of aromatic nitrogens is 2. The Morgan fingerprint density at radius 3 is 2.62 bits per heavy atom. The summed E-state index contributed by atoms with van der Waals surface area (Å²) in [5.74, 6) is -0.902. The van der Waals surface area contributed by atoms with Crippen LogP contribution in [0.4, 0.5) is 5.82 Å². The Labute approximate surface area is 128 Å². The van der Waals surface area contributed by atoms with Crippen molar-refractivity contribution < 1.29 is 19.4 Å². The Morgan fingerprint density at radius 2 is 2.05 bits per heavy atom. The summed E-state index contributed by atoms with van der Waals surface area (Å²) < 4.78 is 6.38. The van der Waals surface area contributed by atoms with Crippen LogP contribution in [0.5, 0.6) is 5.75 Å². The molecule has 1 unspecified atom stereocenters. The van der Waals surface area contributed by atoms with Gasteiger partial charge in [0.15, 0.2) is 11.9 Å². The zero-order valence-corrected chi connectivity index (χ0v) is 12.5. The highest BCUT2D eigenvalue weighted by Gasteiger charge is 2.17. The summed E-state index contributed by atoms with van der Waals surface area (Å²) in [7, 11) is 0. The number of aromatic carboxylic acids is 1. The standard InChI is InChI=1S/C13H12BrN3O4/c1-7(21-9-4-2-8(14)3-5-9)12(18)15-11-6-10(13(19)20)16-17-11/h2-7H,1H3,(H,19,20)(H2,15,16,17,18). The minimum atomic E-state index is -1.15. The molecule has 0 saturated heterocycles. The van der Waals surface area contributed by atoms with E-state index in [9.17, 15) is 9.59 Å². The highest BCUT2D eigenvalue weighted by Crippen LogP contribution is 2.17. The molecule has 0 aliphatic heterocycles. The first kappa shape index (κ1) is 15.0. The molecule has 1 atom stereocenters. The van der Waals surface area contributed by atoms with Crippen LogP contribution in [-0.2, 0) is 4.79 Å². The van der Waals surface area contributed by atoms with Gasteiger partial charge < -0.3 is 15.2 Å². The van der Waals surface area contributed by atoms with Crippen LogP contribution in [0.1, 0.15) is 17.4 Å². The summed E-state index contributed by atoms with van der Waals surface area (Å²) in [5, 5.41) is 17.2. The summed E-state index contributed by atoms with van der Waals surface area (Å²) in [5.41, 5.74) is -0.105. The molecule has 2 rings (SSSR count). The van der Waals surface area contributed by atoms with E-state index >= 15 is 0 Å². The Bertz CT molecular complexity index is 654. The smallest absolute Gasteiger partial charge is 0.353 e. The zero-order chi connectivity index (χ0) is 15.4. The van der Waals surface area contributed by atoms with Crippen LogP contribution in [-0.4, -0.2) is 33.3 Å². The third-order valence-electron chi connectivity index (χ3n) is 2.56. The van der Waals surface area contributed by atoms with Crippen LogP contribution in [0.3, 0.4) is 0 Å². The van der Waals surface area contributed by atoms with E-state index in [1.54, 1.807) is 31.2 Å². The lowest BCUT2D eigenvalue weighted by Crippen LogP contribution is -2.30. The molecule has 1 amide bonds. The average molecular weight is 354 g/mol. The van der Waals surface area contributed by atoms with E-state index in [1.165, 1.54) is 6.07 Å². The Hall–Kier alpha value is -2.35. The van der Waals surface area contributed by atoms with Crippen molar-refractivity contribution in [1.29, 1.82) is 0 Å². The third-order valence-corrected chi connectivity index (χ3v) is 3.08. The number of carbonyl (C=O) groups is 2. The molecule has 110 valence electrons. The van der Waals surface area contributed by atoms with Crippen molar-refractivity contribution >= 4 is 33.6 Å². The number of nitrogens with zero attached hydrogens (tertiary/aromatic N) is 1. The lowest BCUT2D eigenvalue weighted by molar-refractivity contribution is -0.122. The van der Waals surface area contributed by atoms with Gasteiger partial charge in [-0.1, -0.05) is 15.9 Å². The first-order chi connectivity index (χ1) is 9.95. The minimum Gasteiger partial charge on any atom is -0.481 e. The van der Waals surface area contributed by atoms with E-state index in [1.807, 2.05) is 0 Å². The summed E-state index contributed by atoms with van der Waals surface area (Å²) in [6.07, 6.45) is -0.754. The second kappa shape index (κ2) is 6.40. The molecule has 0 radical (unpaired) electrons. The number of hydrogen-bond acceptors (Lipinski definition) is 4. The molecule has 0 aliphatic carbocycles. The first-order valence-corrected chi connectivity index (χ1v) is 6.77. The van der Waals surface area contributed by atoms with Crippen molar-refractivity contribution in [2.24, 2.45) is 0 Å². The molecule has 1 heterocycles. The number of carboxylic acid groups (broad SMARTS) is 1. The van der Waals surface area contributed by atoms with E-state index in [4.69, 9.17) is 9.84 Å². The molecular formula is C13H12BrN3O4. The van der Waals surface area contributed by atoms with Gasteiger partial charge in [-0.3, -0.25) is 9.89 Å². The van der Waals surface area contributed by atoms with Crippen molar-refractivity contribution in [2.45, 2.75) is 13.0 Å². The Kier molecular flexibility index (Phi) is 4.59. The minimum absolute atomic E-state index is 0.105. The first-order valence-electron chi connectivity index (χ1n) is 5.97. The summed E-state index contributed by atoms with van der Waals surface area (Å²) >= 11 is 3.30. The fourth-order valence-corrected chi connectivity index (χ4v) is 1.76. The fourth-order valence-electron chi connectivity index (χ4n) is 1.49. The Balaban J connectivity index is 1.95. The SMILES string of the molecule is CC(Oc1ccc(Br)cc1)C(=O)Nc1cc(C(=O)O)[nH]n1. The second-order valence-corrected chi connectivity index (χ2v) is 5.09. The van der Waals surface area contributed by atoms with Gasteiger partial charge in [0.05, 0.1) is 0 Å². The quantitative estimate of drug-likeness (QED) is 0.764. The predicted octanol–water partition coefficient (Wildman–Crippen LogP) is 2.28. The summed E-state index contributed by atoms with van der Waals surface area (Å²) in [6.45, 7) is 1.59. The predicted molar refractivity (Wildman–Crippen MR) is 78.4 cm³/mol. The van der Waals surface area contributed by atoms with Gasteiger partial charge in [0, 0.05) is 10.5 Å². The topological polar surface area (TPSA) is 104 Å². The van der Waals surface area contributed by atoms with Crippen molar-refractivity contribution in [3.8, 4) is 5.75 Å². The highest BCUT2D eigenvalue weighted by molar-refractivity contribution is 9.10. The molecule has 0 aliphatic rings. The van der Waals surface area contributed by atoms with Crippen LogP contribution in [0.2, 0.25) is 0 Å². The molecule has 0 bridgehead atoms. The van der Waals surface area contributed by atoms with Gasteiger partial charge >= 0.3 is 5.97 Å². The molecule has 3 N–H and O–H groups in total. The van der Waals surface area contributed by atoms with Crippen LogP contribution >= 0.6 is 15.9 Å². The summed E-state index contributed by atoms with van der Waals surface area (Å²) in [6, 6.07) is 8.28. The van der Waals surface area contributed by atoms with Crippen LogP contribution in [0.15, 0.2) is 34.8 Å². The monoisotopic (exact) mass is 353 g/mol. The van der Waals surface area contributed by atoms with E-state index in [2.05, 4.69) is 31.4 Å². The van der Waals surface area contributed by atoms with Crippen molar-refractivity contribution in [1.82, 2.24) is 10.2 Å². The molecule has 7 nitrogen and oxygen atoms in total. The third kappa shape index (κ3) is 4.06. The van der Waals surface area contributed by atoms with Crippen LogP contribution in [0, 0.1) is 0 Å². The summed E-state index contributed by atoms with van der Waals surface area (Å²) in [4.78, 5) is 22.6. The zero-order valence-electron chi connectivity index (χ0n) is 11.0. The van der Waals surface area contributed by atoms with Gasteiger partial charge in [0.1, 0.15) is 11.4 Å². The molecule has 1 aromatic heterocycles. The maximum atomic E-state index is 11.9. The number of nitrogens with one attached hydrogen (secondary N) is 2. The Morgan fingerprint density at radius 1 is 1.38 bits per heavy atom. The molecular weight excluding hydrogens is 342 g/mol. The van der Waals surface area contributed by atoms with Crippen LogP contribution in [0.25, 0.3) is 0 Å². The van der Waals surface area contributed by atoms with Crippen molar-refractivity contribution in [2.75, 3.05) is 5.32 Å². The maximum absolute atomic E-state index is 11.9. The number of hydrogen-bond donors (Lipinski definition) is 3. The highest BCUT2D eigenvalue weighted by atomic mass is 79.9. The van der Waals surface area contributed by atoms with Crippen molar-refractivity contribution in [3.63, 3.8) is 0 Å². The molecule has 21 heavy (non-hydrogen) atoms. The number of aromatic amines is 1. The lowest BCUT2D eigenvalue weighted by atomic mass is 10.3. The number of ether oxygens (including phenoxy) is 1. The van der Waals surface area contributed by atoms with Gasteiger partial charge in [-0.25, -0.2) is 4.79 Å². The largest absolute Gasteiger partial charge is 0.481 e. The van der Waals surface area contributed by atoms with Gasteiger partial charge in [0.2, 0.25) is 0 Å². The second-order valence-electron chi connectivity index (χ2n) is 4.18. The number of benzene rings is 1. The van der Waals surface area contributed by atoms with E-state index in [0.29, 0.717) is 5.75 Å². The number of carbonyl (C=O) groups excluding carboxylic acids is 1. The number of rotatable bonds is 5. The lowest BCUT2D eigenvalue weighted by Gasteiger charge is -2.13. The number of carboxylic acids is 1. The molecule has 1 aromatic carbocycles. The normalized spacial score (nSPS) is 11.7. The molecule has 8 heteroatoms. The molecule has 2 aromatic rings. The van der Waals surface area contributed by atoms with Gasteiger partial charge in [-0.2, -0.15) is 5.10 Å². The van der Waals surface area contributed by atoms with E-state index in [-0.39, 0.29) is 11.5 Å². The van der Waals surface area contributed by atoms with Gasteiger partial charge in [-0.15, -0.1) is 0 Å².